The van der Waals surface area contributed by atoms with Crippen LogP contribution in [0.5, 0.6) is 0 Å². The Kier molecular flexibility index (Phi) is 2.58. The Labute approximate surface area is 127 Å². The van der Waals surface area contributed by atoms with E-state index >= 15 is 0 Å². The molecule has 4 aromatic rings. The number of pyridine rings is 1. The van der Waals surface area contributed by atoms with Gasteiger partial charge in [-0.25, -0.2) is 0 Å². The lowest BCUT2D eigenvalue weighted by molar-refractivity contribution is 1.51. The first-order chi connectivity index (χ1) is 9.65. The molecule has 20 heavy (non-hydrogen) atoms. The summed E-state index contributed by atoms with van der Waals surface area (Å²) >= 11 is 13.7. The van der Waals surface area contributed by atoms with Crippen molar-refractivity contribution in [3.8, 4) is 0 Å². The van der Waals surface area contributed by atoms with Gasteiger partial charge in [0.05, 0.1) is 19.9 Å². The molecule has 2 heterocycles. The molecule has 0 spiro atoms. The van der Waals surface area contributed by atoms with Gasteiger partial charge in [-0.3, -0.25) is 4.79 Å². The molecule has 0 aliphatic carbocycles. The number of rotatable bonds is 0. The van der Waals surface area contributed by atoms with Crippen LogP contribution in [-0.2, 0) is 0 Å². The topological polar surface area (TPSA) is 32.9 Å². The molecule has 0 fully saturated rings. The lowest BCUT2D eigenvalue weighted by atomic mass is 10.1. The van der Waals surface area contributed by atoms with Crippen molar-refractivity contribution in [3.05, 3.63) is 56.7 Å². The van der Waals surface area contributed by atoms with Crippen molar-refractivity contribution in [1.29, 1.82) is 0 Å². The average molecular weight is 320 g/mol. The number of hydrogen-bond acceptors (Lipinski definition) is 2. The van der Waals surface area contributed by atoms with E-state index in [2.05, 4.69) is 4.98 Å². The van der Waals surface area contributed by atoms with Crippen molar-refractivity contribution in [3.63, 3.8) is 0 Å². The summed E-state index contributed by atoms with van der Waals surface area (Å²) in [7, 11) is 0. The van der Waals surface area contributed by atoms with Gasteiger partial charge in [0.15, 0.2) is 0 Å². The molecule has 2 nitrogen and oxygen atoms in total. The number of thiophene rings is 1. The molecule has 0 radical (unpaired) electrons. The predicted octanol–water partition coefficient (Wildman–Crippen LogP) is 5.20. The molecule has 0 aliphatic heterocycles. The number of H-pyrrole nitrogens is 1. The monoisotopic (exact) mass is 319 g/mol. The Hall–Kier alpha value is -1.55. The second-order valence-electron chi connectivity index (χ2n) is 4.57. The van der Waals surface area contributed by atoms with Gasteiger partial charge in [0.1, 0.15) is 0 Å². The highest BCUT2D eigenvalue weighted by molar-refractivity contribution is 7.26. The molecule has 2 aromatic carbocycles. The van der Waals surface area contributed by atoms with Crippen LogP contribution < -0.4 is 5.43 Å². The summed E-state index contributed by atoms with van der Waals surface area (Å²) in [5.41, 5.74) is 1.65. The quantitative estimate of drug-likeness (QED) is 0.474. The van der Waals surface area contributed by atoms with E-state index in [4.69, 9.17) is 23.2 Å². The van der Waals surface area contributed by atoms with Crippen LogP contribution >= 0.6 is 34.5 Å². The van der Waals surface area contributed by atoms with Crippen LogP contribution in [0, 0.1) is 0 Å². The molecule has 0 aliphatic rings. The lowest BCUT2D eigenvalue weighted by Gasteiger charge is -1.99. The first kappa shape index (κ1) is 12.2. The average Bonchev–Trinajstić information content (AvgIpc) is 2.79. The van der Waals surface area contributed by atoms with Crippen molar-refractivity contribution in [1.82, 2.24) is 4.98 Å². The van der Waals surface area contributed by atoms with Gasteiger partial charge in [0.25, 0.3) is 0 Å². The highest BCUT2D eigenvalue weighted by Gasteiger charge is 2.14. The summed E-state index contributed by atoms with van der Waals surface area (Å²) < 4.78 is 1.57. The zero-order valence-electron chi connectivity index (χ0n) is 10.0. The number of aromatic amines is 1. The van der Waals surface area contributed by atoms with E-state index in [1.807, 2.05) is 30.3 Å². The van der Waals surface area contributed by atoms with Crippen LogP contribution in [0.2, 0.25) is 10.0 Å². The Morgan fingerprint density at radius 2 is 1.80 bits per heavy atom. The van der Waals surface area contributed by atoms with Crippen molar-refractivity contribution < 1.29 is 0 Å². The van der Waals surface area contributed by atoms with Crippen LogP contribution in [-0.4, -0.2) is 4.98 Å². The summed E-state index contributed by atoms with van der Waals surface area (Å²) in [4.78, 5) is 15.9. The summed E-state index contributed by atoms with van der Waals surface area (Å²) in [6.45, 7) is 0. The lowest BCUT2D eigenvalue weighted by Crippen LogP contribution is -2.01. The molecule has 1 N–H and O–H groups in total. The first-order valence-corrected chi connectivity index (χ1v) is 7.54. The molecule has 5 heteroatoms. The first-order valence-electron chi connectivity index (χ1n) is 5.97. The van der Waals surface area contributed by atoms with Crippen LogP contribution in [0.1, 0.15) is 0 Å². The number of fused-ring (bicyclic) bond motifs is 4. The molecular weight excluding hydrogens is 313 g/mol. The van der Waals surface area contributed by atoms with Gasteiger partial charge >= 0.3 is 0 Å². The number of hydrogen-bond donors (Lipinski definition) is 1. The summed E-state index contributed by atoms with van der Waals surface area (Å²) in [5, 5.41) is 2.72. The Balaban J connectivity index is 2.35. The molecule has 98 valence electrons. The van der Waals surface area contributed by atoms with Gasteiger partial charge < -0.3 is 4.98 Å². The minimum atomic E-state index is 0.0303. The van der Waals surface area contributed by atoms with Crippen LogP contribution in [0.3, 0.4) is 0 Å². The maximum atomic E-state index is 12.6. The molecular formula is C15H7Cl2NOS. The maximum absolute atomic E-state index is 12.6. The van der Waals surface area contributed by atoms with Crippen molar-refractivity contribution in [2.24, 2.45) is 0 Å². The molecule has 0 unspecified atom stereocenters. The highest BCUT2D eigenvalue weighted by Crippen LogP contribution is 2.38. The molecule has 0 amide bonds. The minimum absolute atomic E-state index is 0.0303. The smallest absolute Gasteiger partial charge is 0.207 e. The molecule has 0 saturated heterocycles. The third kappa shape index (κ3) is 1.61. The van der Waals surface area contributed by atoms with Gasteiger partial charge in [0, 0.05) is 21.3 Å². The van der Waals surface area contributed by atoms with Gasteiger partial charge in [0.2, 0.25) is 5.43 Å². The minimum Gasteiger partial charge on any atom is -0.353 e. The molecule has 4 rings (SSSR count). The number of aromatic nitrogens is 1. The van der Waals surface area contributed by atoms with E-state index in [0.717, 1.165) is 21.1 Å². The van der Waals surface area contributed by atoms with E-state index < -0.39 is 0 Å². The predicted molar refractivity (Wildman–Crippen MR) is 87.5 cm³/mol. The fourth-order valence-corrected chi connectivity index (χ4v) is 4.16. The normalized spacial score (nSPS) is 11.7. The van der Waals surface area contributed by atoms with E-state index in [9.17, 15) is 4.79 Å². The number of nitrogens with one attached hydrogen (secondary N) is 1. The Bertz CT molecular complexity index is 1050. The second kappa shape index (κ2) is 4.22. The van der Waals surface area contributed by atoms with Gasteiger partial charge in [-0.15, -0.1) is 11.3 Å². The largest absolute Gasteiger partial charge is 0.353 e. The summed E-state index contributed by atoms with van der Waals surface area (Å²) in [6, 6.07) is 11.0. The van der Waals surface area contributed by atoms with E-state index in [1.54, 1.807) is 6.07 Å². The SMILES string of the molecule is O=c1c2ccccc2[nH]c2c1sc1c(Cl)cc(Cl)cc12. The third-order valence-corrected chi connectivity index (χ3v) is 5.21. The fourth-order valence-electron chi connectivity index (χ4n) is 2.46. The number of benzene rings is 2. The van der Waals surface area contributed by atoms with Gasteiger partial charge in [-0.2, -0.15) is 0 Å². The number of para-hydroxylation sites is 1. The second-order valence-corrected chi connectivity index (χ2v) is 6.43. The molecule has 0 saturated carbocycles. The standard InChI is InChI=1S/C15H7Cl2NOS/c16-7-5-9-12-15(20-14(9)10(17)6-7)13(19)8-3-1-2-4-11(8)18-12/h1-6H,(H,18,19). The molecule has 0 bridgehead atoms. The summed E-state index contributed by atoms with van der Waals surface area (Å²) in [5.74, 6) is 0. The third-order valence-electron chi connectivity index (χ3n) is 3.35. The van der Waals surface area contributed by atoms with Gasteiger partial charge in [-0.05, 0) is 24.3 Å². The fraction of sp³-hybridized carbons (Fsp3) is 0. The highest BCUT2D eigenvalue weighted by atomic mass is 35.5. The molecule has 2 aromatic heterocycles. The maximum Gasteiger partial charge on any atom is 0.207 e. The van der Waals surface area contributed by atoms with Crippen molar-refractivity contribution >= 4 is 65.7 Å². The van der Waals surface area contributed by atoms with Crippen LogP contribution in [0.15, 0.2) is 41.2 Å². The zero-order valence-corrected chi connectivity index (χ0v) is 12.4. The van der Waals surface area contributed by atoms with Crippen LogP contribution in [0.25, 0.3) is 31.2 Å². The molecule has 0 atom stereocenters. The van der Waals surface area contributed by atoms with Gasteiger partial charge in [-0.1, -0.05) is 35.3 Å². The van der Waals surface area contributed by atoms with E-state index in [1.165, 1.54) is 11.3 Å². The van der Waals surface area contributed by atoms with E-state index in [0.29, 0.717) is 20.1 Å². The zero-order chi connectivity index (χ0) is 13.9. The van der Waals surface area contributed by atoms with Crippen LogP contribution in [0.4, 0.5) is 0 Å². The van der Waals surface area contributed by atoms with E-state index in [-0.39, 0.29) is 5.43 Å². The van der Waals surface area contributed by atoms with Crippen molar-refractivity contribution in [2.45, 2.75) is 0 Å². The van der Waals surface area contributed by atoms with Crippen molar-refractivity contribution in [2.75, 3.05) is 0 Å². The Morgan fingerprint density at radius 3 is 2.65 bits per heavy atom. The summed E-state index contributed by atoms with van der Waals surface area (Å²) in [6.07, 6.45) is 0. The number of halogens is 2. The Morgan fingerprint density at radius 1 is 1.00 bits per heavy atom.